The highest BCUT2D eigenvalue weighted by Crippen LogP contribution is 2.50. The molecule has 7 heterocycles. The molecule has 13 nitrogen and oxygen atoms in total. The Kier molecular flexibility index (Phi) is 7.20. The Bertz CT molecular complexity index is 2370. The van der Waals surface area contributed by atoms with Crippen molar-refractivity contribution in [1.29, 1.82) is 0 Å². The van der Waals surface area contributed by atoms with Crippen LogP contribution in [0.1, 0.15) is 47.8 Å². The van der Waals surface area contributed by atoms with Crippen molar-refractivity contribution in [3.63, 3.8) is 0 Å². The number of fused-ring (bicyclic) bond motifs is 3. The molecule has 3 N–H and O–H groups in total. The monoisotopic (exact) mass is 711 g/mol. The van der Waals surface area contributed by atoms with E-state index in [1.807, 2.05) is 30.5 Å². The number of piperazine rings is 1. The fraction of sp³-hybridized carbons (Fsp3) is 0.375. The number of rotatable bonds is 6. The maximum Gasteiger partial charge on any atom is 0.329 e. The Hall–Kier alpha value is -5.69. The van der Waals surface area contributed by atoms with Gasteiger partial charge in [-0.25, -0.2) is 4.79 Å². The Balaban J connectivity index is 0.783. The van der Waals surface area contributed by atoms with Crippen molar-refractivity contribution in [2.75, 3.05) is 55.6 Å². The molecule has 0 bridgehead atoms. The molecule has 1 unspecified atom stereocenters. The van der Waals surface area contributed by atoms with Crippen molar-refractivity contribution >= 4 is 40.1 Å². The number of piperidine rings is 1. The first-order chi connectivity index (χ1) is 25.8. The molecule has 2 aromatic carbocycles. The molecule has 3 saturated heterocycles. The van der Waals surface area contributed by atoms with Gasteiger partial charge in [-0.05, 0) is 61.7 Å². The van der Waals surface area contributed by atoms with E-state index < -0.39 is 11.9 Å². The minimum atomic E-state index is -0.694. The van der Waals surface area contributed by atoms with Gasteiger partial charge in [0.1, 0.15) is 6.04 Å². The first kappa shape index (κ1) is 32.0. The standard InChI is InChI=1S/C40H41N9O4/c1-45-35-31(3-2-4-32(35)49(39(45)53)33-9-10-34(50)44-38(33)52)48-21-27(22-48)47-17-15-46(16-18-47)26-7-5-24(6-8-26)29-19-25(11-14-41-29)30-20-28-36(43-30)40(12-13-40)23-42-37(28)51/h2-8,11,14,19-20,27,33,43H,9-10,12-13,15-18,21-23H2,1H3,(H,42,51)(H,44,50,52). The third kappa shape index (κ3) is 5.19. The van der Waals surface area contributed by atoms with Crippen molar-refractivity contribution < 1.29 is 14.4 Å². The van der Waals surface area contributed by atoms with E-state index in [1.54, 1.807) is 16.2 Å². The highest BCUT2D eigenvalue weighted by atomic mass is 16.2. The number of aromatic amines is 1. The highest BCUT2D eigenvalue weighted by molar-refractivity contribution is 6.01. The number of carbonyl (C=O) groups is 3. The van der Waals surface area contributed by atoms with Gasteiger partial charge in [-0.1, -0.05) is 18.2 Å². The molecular weight excluding hydrogens is 670 g/mol. The summed E-state index contributed by atoms with van der Waals surface area (Å²) >= 11 is 0. The maximum atomic E-state index is 13.4. The zero-order chi connectivity index (χ0) is 36.0. The smallest absolute Gasteiger partial charge is 0.329 e. The number of benzene rings is 2. The zero-order valence-electron chi connectivity index (χ0n) is 29.6. The second-order valence-corrected chi connectivity index (χ2v) is 15.3. The summed E-state index contributed by atoms with van der Waals surface area (Å²) in [5.74, 6) is -0.710. The van der Waals surface area contributed by atoms with E-state index in [9.17, 15) is 19.2 Å². The number of pyridine rings is 1. The molecule has 1 saturated carbocycles. The van der Waals surface area contributed by atoms with Crippen molar-refractivity contribution in [3.05, 3.63) is 88.6 Å². The highest BCUT2D eigenvalue weighted by Gasteiger charge is 2.50. The Labute approximate surface area is 305 Å². The van der Waals surface area contributed by atoms with Gasteiger partial charge in [-0.15, -0.1) is 0 Å². The quantitative estimate of drug-likeness (QED) is 0.229. The number of para-hydroxylation sites is 1. The van der Waals surface area contributed by atoms with Crippen LogP contribution in [0.4, 0.5) is 11.4 Å². The van der Waals surface area contributed by atoms with Crippen LogP contribution in [0.5, 0.6) is 0 Å². The van der Waals surface area contributed by atoms with E-state index in [2.05, 4.69) is 71.7 Å². The predicted molar refractivity (Wildman–Crippen MR) is 201 cm³/mol. The fourth-order valence-corrected chi connectivity index (χ4v) is 8.95. The Morgan fingerprint density at radius 2 is 1.66 bits per heavy atom. The lowest BCUT2D eigenvalue weighted by Gasteiger charge is -2.49. The largest absolute Gasteiger partial charge is 0.369 e. The molecule has 3 aromatic heterocycles. The number of nitrogens with one attached hydrogen (secondary N) is 3. The molecule has 53 heavy (non-hydrogen) atoms. The molecule has 1 aliphatic carbocycles. The average molecular weight is 712 g/mol. The number of aromatic nitrogens is 4. The number of imide groups is 1. The molecule has 1 spiro atoms. The number of hydrogen-bond acceptors (Lipinski definition) is 8. The van der Waals surface area contributed by atoms with Gasteiger partial charge in [0.15, 0.2) is 0 Å². The van der Waals surface area contributed by atoms with Crippen LogP contribution in [0.25, 0.3) is 33.5 Å². The maximum absolute atomic E-state index is 13.4. The van der Waals surface area contributed by atoms with Crippen LogP contribution in [0.2, 0.25) is 0 Å². The molecule has 5 aromatic rings. The van der Waals surface area contributed by atoms with Crippen molar-refractivity contribution in [2.24, 2.45) is 7.05 Å². The number of H-pyrrole nitrogens is 1. The number of aryl methyl sites for hydroxylation is 1. The average Bonchev–Trinajstić information content (AvgIpc) is 3.70. The molecule has 10 rings (SSSR count). The van der Waals surface area contributed by atoms with Crippen molar-refractivity contribution in [2.45, 2.75) is 43.2 Å². The first-order valence-corrected chi connectivity index (χ1v) is 18.6. The Morgan fingerprint density at radius 3 is 2.42 bits per heavy atom. The molecule has 0 radical (unpaired) electrons. The first-order valence-electron chi connectivity index (χ1n) is 18.6. The van der Waals surface area contributed by atoms with Crippen LogP contribution in [-0.4, -0.2) is 93.6 Å². The van der Waals surface area contributed by atoms with Gasteiger partial charge < -0.3 is 20.1 Å². The predicted octanol–water partition coefficient (Wildman–Crippen LogP) is 3.16. The van der Waals surface area contributed by atoms with Gasteiger partial charge in [0.2, 0.25) is 11.8 Å². The summed E-state index contributed by atoms with van der Waals surface area (Å²) in [6.45, 7) is 6.28. The number of carbonyl (C=O) groups excluding carboxylic acids is 3. The van der Waals surface area contributed by atoms with E-state index >= 15 is 0 Å². The molecule has 4 fully saturated rings. The van der Waals surface area contributed by atoms with Crippen LogP contribution in [0.3, 0.4) is 0 Å². The van der Waals surface area contributed by atoms with Gasteiger partial charge >= 0.3 is 5.69 Å². The van der Waals surface area contributed by atoms with E-state index in [0.29, 0.717) is 12.5 Å². The third-order valence-corrected chi connectivity index (χ3v) is 12.3. The summed E-state index contributed by atoms with van der Waals surface area (Å²) in [4.78, 5) is 66.0. The second kappa shape index (κ2) is 11.9. The summed E-state index contributed by atoms with van der Waals surface area (Å²) in [6, 6.07) is 20.4. The van der Waals surface area contributed by atoms with Crippen molar-refractivity contribution in [1.82, 2.24) is 34.6 Å². The molecule has 270 valence electrons. The van der Waals surface area contributed by atoms with Gasteiger partial charge in [0.05, 0.1) is 28.0 Å². The van der Waals surface area contributed by atoms with Crippen LogP contribution in [0.15, 0.2) is 71.7 Å². The number of nitrogens with zero attached hydrogens (tertiary/aromatic N) is 6. The molecular formula is C40H41N9O4. The fourth-order valence-electron chi connectivity index (χ4n) is 8.95. The summed E-state index contributed by atoms with van der Waals surface area (Å²) in [7, 11) is 1.76. The van der Waals surface area contributed by atoms with E-state index in [-0.39, 0.29) is 29.3 Å². The lowest BCUT2D eigenvalue weighted by molar-refractivity contribution is -0.135. The third-order valence-electron chi connectivity index (χ3n) is 12.3. The Morgan fingerprint density at radius 1 is 0.868 bits per heavy atom. The number of hydrogen-bond donors (Lipinski definition) is 3. The summed E-state index contributed by atoms with van der Waals surface area (Å²) < 4.78 is 3.19. The summed E-state index contributed by atoms with van der Waals surface area (Å²) in [5, 5.41) is 5.45. The van der Waals surface area contributed by atoms with Crippen LogP contribution >= 0.6 is 0 Å². The number of anilines is 2. The lowest BCUT2D eigenvalue weighted by atomic mass is 9.95. The molecule has 5 aliphatic rings. The van der Waals surface area contributed by atoms with E-state index in [1.165, 1.54) is 5.69 Å². The van der Waals surface area contributed by atoms with Gasteiger partial charge in [-0.3, -0.25) is 38.7 Å². The number of imidazole rings is 1. The minimum Gasteiger partial charge on any atom is -0.369 e. The van der Waals surface area contributed by atoms with E-state index in [0.717, 1.165) is 109 Å². The van der Waals surface area contributed by atoms with Gasteiger partial charge in [-0.2, -0.15) is 0 Å². The minimum absolute atomic E-state index is 0.00354. The van der Waals surface area contributed by atoms with Crippen molar-refractivity contribution in [3.8, 4) is 22.5 Å². The normalized spacial score (nSPS) is 21.5. The van der Waals surface area contributed by atoms with Crippen LogP contribution in [-0.2, 0) is 22.1 Å². The molecule has 4 aliphatic heterocycles. The van der Waals surface area contributed by atoms with Crippen LogP contribution < -0.4 is 26.1 Å². The molecule has 13 heteroatoms. The van der Waals surface area contributed by atoms with E-state index in [4.69, 9.17) is 0 Å². The second-order valence-electron chi connectivity index (χ2n) is 15.3. The summed E-state index contributed by atoms with van der Waals surface area (Å²) in [6.07, 6.45) is 4.59. The van der Waals surface area contributed by atoms with Crippen LogP contribution in [0, 0.1) is 0 Å². The lowest BCUT2D eigenvalue weighted by Crippen LogP contribution is -2.63. The van der Waals surface area contributed by atoms with Gasteiger partial charge in [0.25, 0.3) is 5.91 Å². The SMILES string of the molecule is Cn1c(=O)n(C2CCC(=O)NC2=O)c2cccc(N3CC(N4CCN(c5ccc(-c6cc(-c7cc8c([nH]7)C7(CC7)CNC8=O)ccn6)cc5)CC4)C3)c21. The summed E-state index contributed by atoms with van der Waals surface area (Å²) in [5.41, 5.74) is 9.36. The van der Waals surface area contributed by atoms with Gasteiger partial charge in [0, 0.05) is 105 Å². The molecule has 1 atom stereocenters. The molecule has 3 amide bonds. The number of amides is 3. The zero-order valence-corrected chi connectivity index (χ0v) is 29.6. The topological polar surface area (TPSA) is 141 Å².